The Morgan fingerprint density at radius 2 is 2.00 bits per heavy atom. The molecule has 2 heterocycles. The predicted molar refractivity (Wildman–Crippen MR) is 71.5 cm³/mol. The SMILES string of the molecule is CCC(C(=O)O)c1cc2c3c(c1)CCN3C(=O)CC2. The smallest absolute Gasteiger partial charge is 0.310 e. The molecule has 3 rings (SSSR count). The zero-order chi connectivity index (χ0) is 13.6. The number of aryl methyl sites for hydroxylation is 1. The molecule has 0 fully saturated rings. The van der Waals surface area contributed by atoms with Gasteiger partial charge in [-0.2, -0.15) is 0 Å². The van der Waals surface area contributed by atoms with E-state index in [-0.39, 0.29) is 5.91 Å². The Balaban J connectivity index is 2.09. The number of rotatable bonds is 3. The highest BCUT2D eigenvalue weighted by molar-refractivity contribution is 5.98. The number of carbonyl (C=O) groups excluding carboxylic acids is 1. The molecule has 0 saturated carbocycles. The minimum absolute atomic E-state index is 0.198. The number of anilines is 1. The van der Waals surface area contributed by atoms with Crippen LogP contribution in [-0.4, -0.2) is 23.5 Å². The van der Waals surface area contributed by atoms with Crippen molar-refractivity contribution in [2.24, 2.45) is 0 Å². The molecular formula is C15H17NO3. The summed E-state index contributed by atoms with van der Waals surface area (Å²) in [7, 11) is 0. The van der Waals surface area contributed by atoms with Crippen LogP contribution < -0.4 is 4.90 Å². The second-order valence-electron chi connectivity index (χ2n) is 5.28. The minimum Gasteiger partial charge on any atom is -0.481 e. The standard InChI is InChI=1S/C15H17NO3/c1-2-12(15(18)19)11-7-9-3-4-13(17)16-6-5-10(8-11)14(9)16/h7-8,12H,2-6H2,1H3,(H,18,19). The molecule has 4 nitrogen and oxygen atoms in total. The molecule has 1 atom stereocenters. The lowest BCUT2D eigenvalue weighted by atomic mass is 9.89. The molecule has 1 N–H and O–H groups in total. The van der Waals surface area contributed by atoms with Gasteiger partial charge in [0.05, 0.1) is 11.6 Å². The van der Waals surface area contributed by atoms with Gasteiger partial charge < -0.3 is 10.0 Å². The van der Waals surface area contributed by atoms with E-state index in [0.29, 0.717) is 12.8 Å². The average molecular weight is 259 g/mol. The topological polar surface area (TPSA) is 57.6 Å². The summed E-state index contributed by atoms with van der Waals surface area (Å²) in [6.45, 7) is 2.64. The van der Waals surface area contributed by atoms with Crippen LogP contribution in [0.2, 0.25) is 0 Å². The molecule has 2 aliphatic rings. The molecule has 100 valence electrons. The van der Waals surface area contributed by atoms with Crippen LogP contribution in [0.25, 0.3) is 0 Å². The Hall–Kier alpha value is -1.84. The fraction of sp³-hybridized carbons (Fsp3) is 0.467. The van der Waals surface area contributed by atoms with Gasteiger partial charge in [0, 0.05) is 13.0 Å². The van der Waals surface area contributed by atoms with Crippen LogP contribution in [0.15, 0.2) is 12.1 Å². The molecular weight excluding hydrogens is 242 g/mol. The van der Waals surface area contributed by atoms with E-state index >= 15 is 0 Å². The van der Waals surface area contributed by atoms with Gasteiger partial charge in [-0.25, -0.2) is 0 Å². The third-order valence-corrected chi connectivity index (χ3v) is 4.18. The lowest BCUT2D eigenvalue weighted by Gasteiger charge is -2.26. The quantitative estimate of drug-likeness (QED) is 0.904. The van der Waals surface area contributed by atoms with Crippen LogP contribution in [0.4, 0.5) is 5.69 Å². The Morgan fingerprint density at radius 1 is 1.32 bits per heavy atom. The first kappa shape index (κ1) is 12.2. The van der Waals surface area contributed by atoms with Gasteiger partial charge in [-0.3, -0.25) is 9.59 Å². The van der Waals surface area contributed by atoms with E-state index in [1.807, 2.05) is 24.0 Å². The zero-order valence-electron chi connectivity index (χ0n) is 11.0. The number of benzene rings is 1. The van der Waals surface area contributed by atoms with E-state index in [4.69, 9.17) is 0 Å². The molecule has 1 aromatic carbocycles. The molecule has 0 aromatic heterocycles. The maximum atomic E-state index is 11.8. The largest absolute Gasteiger partial charge is 0.481 e. The first-order chi connectivity index (χ1) is 9.11. The summed E-state index contributed by atoms with van der Waals surface area (Å²) in [5.41, 5.74) is 4.23. The van der Waals surface area contributed by atoms with Crippen LogP contribution in [0.1, 0.15) is 42.4 Å². The van der Waals surface area contributed by atoms with Gasteiger partial charge in [0.25, 0.3) is 0 Å². The van der Waals surface area contributed by atoms with Crippen molar-refractivity contribution in [1.29, 1.82) is 0 Å². The highest BCUT2D eigenvalue weighted by atomic mass is 16.4. The highest BCUT2D eigenvalue weighted by Crippen LogP contribution is 2.39. The normalized spacial score (nSPS) is 18.4. The lowest BCUT2D eigenvalue weighted by Crippen LogP contribution is -2.32. The number of hydrogen-bond donors (Lipinski definition) is 1. The van der Waals surface area contributed by atoms with Crippen LogP contribution in [-0.2, 0) is 22.4 Å². The Bertz CT molecular complexity index is 565. The number of hydrogen-bond acceptors (Lipinski definition) is 2. The van der Waals surface area contributed by atoms with Gasteiger partial charge in [-0.15, -0.1) is 0 Å². The fourth-order valence-corrected chi connectivity index (χ4v) is 3.24. The van der Waals surface area contributed by atoms with Crippen molar-refractivity contribution in [2.75, 3.05) is 11.4 Å². The van der Waals surface area contributed by atoms with Crippen molar-refractivity contribution in [3.8, 4) is 0 Å². The Morgan fingerprint density at radius 3 is 2.63 bits per heavy atom. The summed E-state index contributed by atoms with van der Waals surface area (Å²) in [4.78, 5) is 25.0. The maximum absolute atomic E-state index is 11.8. The van der Waals surface area contributed by atoms with E-state index in [1.54, 1.807) is 0 Å². The summed E-state index contributed by atoms with van der Waals surface area (Å²) in [5.74, 6) is -1.01. The summed E-state index contributed by atoms with van der Waals surface area (Å²) in [6, 6.07) is 3.98. The fourth-order valence-electron chi connectivity index (χ4n) is 3.24. The van der Waals surface area contributed by atoms with E-state index < -0.39 is 11.9 Å². The summed E-state index contributed by atoms with van der Waals surface area (Å²) < 4.78 is 0. The Labute approximate surface area is 112 Å². The number of carbonyl (C=O) groups is 2. The van der Waals surface area contributed by atoms with Gasteiger partial charge in [-0.05, 0) is 36.0 Å². The summed E-state index contributed by atoms with van der Waals surface area (Å²) in [5, 5.41) is 9.28. The molecule has 0 bridgehead atoms. The summed E-state index contributed by atoms with van der Waals surface area (Å²) in [6.07, 6.45) is 2.72. The van der Waals surface area contributed by atoms with Crippen molar-refractivity contribution < 1.29 is 14.7 Å². The number of nitrogens with zero attached hydrogens (tertiary/aromatic N) is 1. The van der Waals surface area contributed by atoms with Gasteiger partial charge in [0.15, 0.2) is 0 Å². The van der Waals surface area contributed by atoms with Gasteiger partial charge in [-0.1, -0.05) is 19.1 Å². The highest BCUT2D eigenvalue weighted by Gasteiger charge is 2.32. The molecule has 1 aromatic rings. The van der Waals surface area contributed by atoms with Crippen molar-refractivity contribution in [3.05, 3.63) is 28.8 Å². The Kier molecular flexibility index (Phi) is 2.81. The van der Waals surface area contributed by atoms with Crippen LogP contribution in [0, 0.1) is 0 Å². The van der Waals surface area contributed by atoms with E-state index in [1.165, 1.54) is 0 Å². The third-order valence-electron chi connectivity index (χ3n) is 4.18. The van der Waals surface area contributed by atoms with Crippen LogP contribution in [0.3, 0.4) is 0 Å². The molecule has 4 heteroatoms. The molecule has 0 radical (unpaired) electrons. The van der Waals surface area contributed by atoms with Gasteiger partial charge in [0.1, 0.15) is 0 Å². The number of aliphatic carboxylic acids is 1. The number of amides is 1. The molecule has 0 saturated heterocycles. The lowest BCUT2D eigenvalue weighted by molar-refractivity contribution is -0.138. The second kappa shape index (κ2) is 4.37. The first-order valence-electron chi connectivity index (χ1n) is 6.80. The summed E-state index contributed by atoms with van der Waals surface area (Å²) >= 11 is 0. The molecule has 0 aliphatic carbocycles. The van der Waals surface area contributed by atoms with E-state index in [2.05, 4.69) is 0 Å². The molecule has 1 unspecified atom stereocenters. The van der Waals surface area contributed by atoms with E-state index in [9.17, 15) is 14.7 Å². The van der Waals surface area contributed by atoms with Crippen LogP contribution in [0.5, 0.6) is 0 Å². The van der Waals surface area contributed by atoms with Crippen molar-refractivity contribution in [1.82, 2.24) is 0 Å². The van der Waals surface area contributed by atoms with Crippen molar-refractivity contribution in [3.63, 3.8) is 0 Å². The zero-order valence-corrected chi connectivity index (χ0v) is 11.0. The predicted octanol–water partition coefficient (Wildman–Crippen LogP) is 2.10. The molecule has 1 amide bonds. The van der Waals surface area contributed by atoms with Crippen molar-refractivity contribution >= 4 is 17.6 Å². The van der Waals surface area contributed by atoms with Gasteiger partial charge >= 0.3 is 5.97 Å². The monoisotopic (exact) mass is 259 g/mol. The van der Waals surface area contributed by atoms with Crippen LogP contribution >= 0.6 is 0 Å². The second-order valence-corrected chi connectivity index (χ2v) is 5.28. The maximum Gasteiger partial charge on any atom is 0.310 e. The van der Waals surface area contributed by atoms with Crippen molar-refractivity contribution in [2.45, 2.75) is 38.5 Å². The van der Waals surface area contributed by atoms with E-state index in [0.717, 1.165) is 41.8 Å². The first-order valence-corrected chi connectivity index (χ1v) is 6.80. The number of carboxylic acid groups (broad SMARTS) is 1. The number of carboxylic acids is 1. The molecule has 2 aliphatic heterocycles. The molecule has 19 heavy (non-hydrogen) atoms. The average Bonchev–Trinajstić information content (AvgIpc) is 2.79. The minimum atomic E-state index is -0.767. The molecule has 0 spiro atoms. The van der Waals surface area contributed by atoms with Gasteiger partial charge in [0.2, 0.25) is 5.91 Å². The third kappa shape index (κ3) is 1.82.